The summed E-state index contributed by atoms with van der Waals surface area (Å²) in [4.78, 5) is 19.1. The number of aromatic nitrogens is 1. The number of carbonyl (C=O) groups excluding carboxylic acids is 1. The fourth-order valence-corrected chi connectivity index (χ4v) is 3.40. The first-order chi connectivity index (χ1) is 15.2. The van der Waals surface area contributed by atoms with E-state index >= 15 is 0 Å². The van der Waals surface area contributed by atoms with E-state index < -0.39 is 0 Å². The quantitative estimate of drug-likeness (QED) is 0.605. The van der Waals surface area contributed by atoms with Crippen LogP contribution in [0.1, 0.15) is 11.3 Å². The standard InChI is InChI=1S/C23H25FN4O3/c24-19-7-5-17(6-8-19)22-26-20(16-31-22)9-10-25-23(29)27-21-4-2-1-3-18(21)15-28-11-13-30-14-12-28/h1-8,16H,9-15H2,(H2,25,27,29). The van der Waals surface area contributed by atoms with Gasteiger partial charge in [-0.3, -0.25) is 4.90 Å². The Balaban J connectivity index is 1.27. The molecule has 31 heavy (non-hydrogen) atoms. The second kappa shape index (κ2) is 10.2. The lowest BCUT2D eigenvalue weighted by atomic mass is 10.1. The van der Waals surface area contributed by atoms with Crippen molar-refractivity contribution in [1.29, 1.82) is 0 Å². The van der Waals surface area contributed by atoms with Crippen LogP contribution in [-0.2, 0) is 17.7 Å². The molecule has 0 spiro atoms. The van der Waals surface area contributed by atoms with Crippen LogP contribution in [0.5, 0.6) is 0 Å². The molecule has 3 aromatic rings. The van der Waals surface area contributed by atoms with Crippen LogP contribution in [0.25, 0.3) is 11.5 Å². The molecule has 0 radical (unpaired) electrons. The van der Waals surface area contributed by atoms with Gasteiger partial charge in [-0.25, -0.2) is 14.2 Å². The largest absolute Gasteiger partial charge is 0.444 e. The summed E-state index contributed by atoms with van der Waals surface area (Å²) in [6.45, 7) is 4.43. The molecule has 8 heteroatoms. The van der Waals surface area contributed by atoms with E-state index in [0.717, 1.165) is 44.1 Å². The van der Waals surface area contributed by atoms with Gasteiger partial charge in [0.05, 0.1) is 18.9 Å². The summed E-state index contributed by atoms with van der Waals surface area (Å²) < 4.78 is 23.9. The van der Waals surface area contributed by atoms with Gasteiger partial charge < -0.3 is 19.8 Å². The summed E-state index contributed by atoms with van der Waals surface area (Å²) in [7, 11) is 0. The Bertz CT molecular complexity index is 1000. The number of benzene rings is 2. The number of ether oxygens (including phenoxy) is 1. The SMILES string of the molecule is O=C(NCCc1coc(-c2ccc(F)cc2)n1)Nc1ccccc1CN1CCOCC1. The zero-order valence-electron chi connectivity index (χ0n) is 17.1. The molecule has 1 aliphatic heterocycles. The predicted octanol–water partition coefficient (Wildman–Crippen LogP) is 3.68. The van der Waals surface area contributed by atoms with Crippen LogP contribution in [-0.4, -0.2) is 48.8 Å². The average Bonchev–Trinajstić information content (AvgIpc) is 3.25. The molecule has 4 rings (SSSR count). The number of morpholine rings is 1. The number of nitrogens with one attached hydrogen (secondary N) is 2. The van der Waals surface area contributed by atoms with E-state index in [2.05, 4.69) is 20.5 Å². The third-order valence-electron chi connectivity index (χ3n) is 5.07. The maximum atomic E-state index is 13.0. The highest BCUT2D eigenvalue weighted by Crippen LogP contribution is 2.19. The predicted molar refractivity (Wildman–Crippen MR) is 115 cm³/mol. The molecule has 2 N–H and O–H groups in total. The zero-order chi connectivity index (χ0) is 21.5. The second-order valence-electron chi connectivity index (χ2n) is 7.33. The van der Waals surface area contributed by atoms with Gasteiger partial charge in [0.15, 0.2) is 0 Å². The normalized spacial score (nSPS) is 14.4. The van der Waals surface area contributed by atoms with E-state index in [9.17, 15) is 9.18 Å². The Labute approximate surface area is 180 Å². The molecule has 0 aliphatic carbocycles. The highest BCUT2D eigenvalue weighted by molar-refractivity contribution is 5.90. The van der Waals surface area contributed by atoms with Crippen molar-refractivity contribution in [3.05, 3.63) is 71.9 Å². The number of para-hydroxylation sites is 1. The van der Waals surface area contributed by atoms with Crippen LogP contribution in [0.2, 0.25) is 0 Å². The number of oxazole rings is 1. The Hall–Kier alpha value is -3.23. The Morgan fingerprint density at radius 3 is 2.68 bits per heavy atom. The number of nitrogens with zero attached hydrogens (tertiary/aromatic N) is 2. The Morgan fingerprint density at radius 1 is 1.10 bits per heavy atom. The first kappa shape index (κ1) is 21.0. The molecular weight excluding hydrogens is 399 g/mol. The minimum Gasteiger partial charge on any atom is -0.444 e. The molecule has 2 heterocycles. The highest BCUT2D eigenvalue weighted by atomic mass is 19.1. The first-order valence-electron chi connectivity index (χ1n) is 10.3. The van der Waals surface area contributed by atoms with Gasteiger partial charge in [0.1, 0.15) is 12.1 Å². The van der Waals surface area contributed by atoms with E-state index in [-0.39, 0.29) is 11.8 Å². The monoisotopic (exact) mass is 424 g/mol. The highest BCUT2D eigenvalue weighted by Gasteiger charge is 2.14. The van der Waals surface area contributed by atoms with Crippen LogP contribution < -0.4 is 10.6 Å². The first-order valence-corrected chi connectivity index (χ1v) is 10.3. The number of hydrogen-bond acceptors (Lipinski definition) is 5. The Morgan fingerprint density at radius 2 is 1.87 bits per heavy atom. The molecule has 0 atom stereocenters. The summed E-state index contributed by atoms with van der Waals surface area (Å²) in [6.07, 6.45) is 2.07. The van der Waals surface area contributed by atoms with E-state index in [1.807, 2.05) is 24.3 Å². The number of amides is 2. The van der Waals surface area contributed by atoms with Crippen LogP contribution in [0.15, 0.2) is 59.2 Å². The number of anilines is 1. The van der Waals surface area contributed by atoms with E-state index in [1.165, 1.54) is 12.1 Å². The third-order valence-corrected chi connectivity index (χ3v) is 5.07. The lowest BCUT2D eigenvalue weighted by Gasteiger charge is -2.27. The molecule has 0 saturated carbocycles. The van der Waals surface area contributed by atoms with Crippen molar-refractivity contribution in [3.63, 3.8) is 0 Å². The van der Waals surface area contributed by atoms with Crippen molar-refractivity contribution < 1.29 is 18.3 Å². The van der Waals surface area contributed by atoms with Gasteiger partial charge in [-0.15, -0.1) is 0 Å². The van der Waals surface area contributed by atoms with Gasteiger partial charge in [-0.2, -0.15) is 0 Å². The van der Waals surface area contributed by atoms with Crippen LogP contribution >= 0.6 is 0 Å². The third kappa shape index (κ3) is 5.90. The number of urea groups is 1. The summed E-state index contributed by atoms with van der Waals surface area (Å²) in [6, 6.07) is 13.5. The fraction of sp³-hybridized carbons (Fsp3) is 0.304. The summed E-state index contributed by atoms with van der Waals surface area (Å²) in [5.41, 5.74) is 3.29. The Kier molecular flexibility index (Phi) is 6.91. The molecule has 2 aromatic carbocycles. The van der Waals surface area contributed by atoms with Gasteiger partial charge in [-0.1, -0.05) is 18.2 Å². The van der Waals surface area contributed by atoms with E-state index in [0.29, 0.717) is 30.1 Å². The molecule has 0 bridgehead atoms. The molecule has 1 aliphatic rings. The van der Waals surface area contributed by atoms with Crippen molar-refractivity contribution >= 4 is 11.7 Å². The minimum absolute atomic E-state index is 0.267. The fourth-order valence-electron chi connectivity index (χ4n) is 3.40. The molecule has 7 nitrogen and oxygen atoms in total. The van der Waals surface area contributed by atoms with Crippen molar-refractivity contribution in [2.45, 2.75) is 13.0 Å². The zero-order valence-corrected chi connectivity index (χ0v) is 17.1. The maximum absolute atomic E-state index is 13.0. The number of carbonyl (C=O) groups is 1. The molecule has 0 unspecified atom stereocenters. The lowest BCUT2D eigenvalue weighted by Crippen LogP contribution is -2.36. The van der Waals surface area contributed by atoms with Crippen LogP contribution in [0.3, 0.4) is 0 Å². The van der Waals surface area contributed by atoms with Crippen LogP contribution in [0, 0.1) is 5.82 Å². The van der Waals surface area contributed by atoms with Gasteiger partial charge >= 0.3 is 6.03 Å². The second-order valence-corrected chi connectivity index (χ2v) is 7.33. The van der Waals surface area contributed by atoms with Gasteiger partial charge in [0.25, 0.3) is 0 Å². The summed E-state index contributed by atoms with van der Waals surface area (Å²) in [5, 5.41) is 5.79. The number of halogens is 1. The minimum atomic E-state index is -0.308. The smallest absolute Gasteiger partial charge is 0.319 e. The molecular formula is C23H25FN4O3. The summed E-state index contributed by atoms with van der Waals surface area (Å²) in [5.74, 6) is 0.119. The van der Waals surface area contributed by atoms with Gasteiger partial charge in [-0.05, 0) is 35.9 Å². The maximum Gasteiger partial charge on any atom is 0.319 e. The van der Waals surface area contributed by atoms with Crippen molar-refractivity contribution in [2.75, 3.05) is 38.2 Å². The topological polar surface area (TPSA) is 79.6 Å². The molecule has 1 fully saturated rings. The molecule has 2 amide bonds. The van der Waals surface area contributed by atoms with Gasteiger partial charge in [0, 0.05) is 43.9 Å². The van der Waals surface area contributed by atoms with Crippen LogP contribution in [0.4, 0.5) is 14.9 Å². The lowest BCUT2D eigenvalue weighted by molar-refractivity contribution is 0.0343. The van der Waals surface area contributed by atoms with Crippen molar-refractivity contribution in [3.8, 4) is 11.5 Å². The van der Waals surface area contributed by atoms with E-state index in [1.54, 1.807) is 18.4 Å². The van der Waals surface area contributed by atoms with Gasteiger partial charge in [0.2, 0.25) is 5.89 Å². The molecule has 1 saturated heterocycles. The average molecular weight is 424 g/mol. The van der Waals surface area contributed by atoms with Crippen molar-refractivity contribution in [1.82, 2.24) is 15.2 Å². The summed E-state index contributed by atoms with van der Waals surface area (Å²) >= 11 is 0. The van der Waals surface area contributed by atoms with Crippen molar-refractivity contribution in [2.24, 2.45) is 0 Å². The number of hydrogen-bond donors (Lipinski definition) is 2. The molecule has 1 aromatic heterocycles. The van der Waals surface area contributed by atoms with E-state index in [4.69, 9.17) is 9.15 Å². The molecule has 162 valence electrons. The number of rotatable bonds is 7.